The fourth-order valence-electron chi connectivity index (χ4n) is 6.29. The van der Waals surface area contributed by atoms with E-state index in [0.29, 0.717) is 0 Å². The molecule has 0 bridgehead atoms. The third-order valence-electron chi connectivity index (χ3n) is 8.82. The number of halogens is 1. The van der Waals surface area contributed by atoms with Crippen LogP contribution in [0.4, 0.5) is 0 Å². The quantitative estimate of drug-likeness (QED) is 0.0614. The topological polar surface area (TPSA) is 0 Å². The normalized spacial score (nSPS) is 11.6. The van der Waals surface area contributed by atoms with E-state index in [-0.39, 0.29) is 17.0 Å². The van der Waals surface area contributed by atoms with Crippen LogP contribution in [0.2, 0.25) is 0 Å². The van der Waals surface area contributed by atoms with Gasteiger partial charge in [0.2, 0.25) is 0 Å². The summed E-state index contributed by atoms with van der Waals surface area (Å²) in [6.07, 6.45) is 41.1. The largest absolute Gasteiger partial charge is 1.00 e. The molecular formula is C37H70BrP. The van der Waals surface area contributed by atoms with E-state index in [1.165, 1.54) is 160 Å². The van der Waals surface area contributed by atoms with Crippen LogP contribution in [0.3, 0.4) is 0 Å². The van der Waals surface area contributed by atoms with Crippen LogP contribution in [0.1, 0.15) is 180 Å². The van der Waals surface area contributed by atoms with Gasteiger partial charge in [0, 0.05) is 7.26 Å². The second-order valence-electron chi connectivity index (χ2n) is 12.6. The van der Waals surface area contributed by atoms with Gasteiger partial charge in [-0.2, -0.15) is 0 Å². The van der Waals surface area contributed by atoms with Gasteiger partial charge in [-0.15, -0.1) is 0 Å². The Labute approximate surface area is 258 Å². The summed E-state index contributed by atoms with van der Waals surface area (Å²) >= 11 is 0. The van der Waals surface area contributed by atoms with E-state index in [1.54, 1.807) is 24.0 Å². The van der Waals surface area contributed by atoms with Gasteiger partial charge >= 0.3 is 0 Å². The molecule has 0 aliphatic heterocycles. The molecule has 230 valence electrons. The minimum absolute atomic E-state index is 0. The number of hydrogen-bond donors (Lipinski definition) is 0. The van der Waals surface area contributed by atoms with E-state index in [1.807, 2.05) is 0 Å². The highest BCUT2D eigenvalue weighted by molar-refractivity contribution is 7.75. The molecule has 0 heterocycles. The zero-order valence-electron chi connectivity index (χ0n) is 27.0. The summed E-state index contributed by atoms with van der Waals surface area (Å²) in [5.41, 5.74) is 1.64. The average Bonchev–Trinajstić information content (AvgIpc) is 2.93. The minimum atomic E-state index is -0.917. The molecule has 0 saturated carbocycles. The maximum absolute atomic E-state index is 2.43. The van der Waals surface area contributed by atoms with Crippen molar-refractivity contribution in [1.82, 2.24) is 0 Å². The van der Waals surface area contributed by atoms with Crippen LogP contribution < -0.4 is 17.0 Å². The second-order valence-corrected chi connectivity index (χ2v) is 16.9. The van der Waals surface area contributed by atoms with Crippen LogP contribution in [0, 0.1) is 0 Å². The van der Waals surface area contributed by atoms with E-state index >= 15 is 0 Å². The van der Waals surface area contributed by atoms with E-state index in [9.17, 15) is 0 Å². The molecule has 0 aliphatic rings. The van der Waals surface area contributed by atoms with Crippen LogP contribution >= 0.6 is 7.26 Å². The molecule has 0 unspecified atom stereocenters. The van der Waals surface area contributed by atoms with Gasteiger partial charge in [0.1, 0.15) is 0 Å². The summed E-state index contributed by atoms with van der Waals surface area (Å²) in [7, 11) is -0.917. The van der Waals surface area contributed by atoms with Gasteiger partial charge in [-0.05, 0) is 44.1 Å². The summed E-state index contributed by atoms with van der Waals surface area (Å²) in [5.74, 6) is 0. The van der Waals surface area contributed by atoms with Gasteiger partial charge in [-0.1, -0.05) is 167 Å². The first-order chi connectivity index (χ1) is 18.8. The monoisotopic (exact) mass is 624 g/mol. The molecule has 0 saturated heterocycles. The first-order valence-corrected chi connectivity index (χ1v) is 20.2. The fraction of sp³-hybridized carbons (Fsp3) is 0.838. The van der Waals surface area contributed by atoms with Gasteiger partial charge in [0.15, 0.2) is 0 Å². The van der Waals surface area contributed by atoms with Gasteiger partial charge in [0.25, 0.3) is 0 Å². The Kier molecular flexibility index (Phi) is 29.7. The molecular weight excluding hydrogens is 555 g/mol. The van der Waals surface area contributed by atoms with Gasteiger partial charge in [-0.25, -0.2) is 0 Å². The van der Waals surface area contributed by atoms with Crippen LogP contribution in [0.15, 0.2) is 30.3 Å². The summed E-state index contributed by atoms with van der Waals surface area (Å²) in [4.78, 5) is 0. The molecule has 0 aliphatic carbocycles. The summed E-state index contributed by atoms with van der Waals surface area (Å²) < 4.78 is 0. The highest BCUT2D eigenvalue weighted by Crippen LogP contribution is 2.63. The molecule has 0 fully saturated rings. The smallest absolute Gasteiger partial charge is 0.0842 e. The standard InChI is InChI=1S/C37H70P.BrH/c1-4-7-10-13-16-19-22-28-33-38(36-37-31-26-25-27-32-37,34-29-23-20-17-14-11-8-5-2)35-30-24-21-18-15-12-9-6-3;/h25-27,31-32H,4-24,28-30,33-36H2,1-3H3;1H/q+1;/p-1. The Hall–Kier alpha value is 0.130. The van der Waals surface area contributed by atoms with Gasteiger partial charge in [0.05, 0.1) is 24.6 Å². The lowest BCUT2D eigenvalue weighted by Crippen LogP contribution is -3.00. The molecule has 0 N–H and O–H groups in total. The molecule has 1 rings (SSSR count). The number of rotatable bonds is 29. The van der Waals surface area contributed by atoms with E-state index in [4.69, 9.17) is 0 Å². The van der Waals surface area contributed by atoms with Crippen LogP contribution in [0.25, 0.3) is 0 Å². The van der Waals surface area contributed by atoms with Crippen molar-refractivity contribution in [3.63, 3.8) is 0 Å². The van der Waals surface area contributed by atoms with E-state index in [0.717, 1.165) is 0 Å². The highest BCUT2D eigenvalue weighted by Gasteiger charge is 2.35. The number of unbranched alkanes of at least 4 members (excludes halogenated alkanes) is 21. The molecule has 1 aromatic rings. The predicted molar refractivity (Wildman–Crippen MR) is 179 cm³/mol. The van der Waals surface area contributed by atoms with Crippen molar-refractivity contribution < 1.29 is 17.0 Å². The lowest BCUT2D eigenvalue weighted by Gasteiger charge is -2.28. The van der Waals surface area contributed by atoms with Crippen molar-refractivity contribution in [3.8, 4) is 0 Å². The first-order valence-electron chi connectivity index (χ1n) is 17.7. The Morgan fingerprint density at radius 2 is 0.667 bits per heavy atom. The molecule has 2 heteroatoms. The molecule has 0 nitrogen and oxygen atoms in total. The van der Waals surface area contributed by atoms with Crippen LogP contribution in [0.5, 0.6) is 0 Å². The zero-order valence-corrected chi connectivity index (χ0v) is 29.5. The minimum Gasteiger partial charge on any atom is -1.00 e. The molecule has 0 amide bonds. The maximum Gasteiger partial charge on any atom is 0.0842 e. The van der Waals surface area contributed by atoms with Crippen LogP contribution in [-0.2, 0) is 6.16 Å². The van der Waals surface area contributed by atoms with Crippen molar-refractivity contribution in [2.45, 2.75) is 181 Å². The van der Waals surface area contributed by atoms with Gasteiger partial charge < -0.3 is 17.0 Å². The van der Waals surface area contributed by atoms with Gasteiger partial charge in [-0.3, -0.25) is 0 Å². The first kappa shape index (κ1) is 39.1. The Bertz CT molecular complexity index is 536. The maximum atomic E-state index is 2.43. The van der Waals surface area contributed by atoms with E-state index in [2.05, 4.69) is 51.1 Å². The SMILES string of the molecule is CCCCCCCCCC[P+](CCCCCCCCCC)(CCCCCCCCCC)Cc1ccccc1.[Br-]. The molecule has 0 radical (unpaired) electrons. The van der Waals surface area contributed by atoms with Crippen molar-refractivity contribution in [3.05, 3.63) is 35.9 Å². The van der Waals surface area contributed by atoms with Crippen molar-refractivity contribution in [2.24, 2.45) is 0 Å². The lowest BCUT2D eigenvalue weighted by molar-refractivity contribution is -0.00000848. The average molecular weight is 626 g/mol. The Morgan fingerprint density at radius 1 is 0.385 bits per heavy atom. The molecule has 0 aromatic heterocycles. The number of hydrogen-bond acceptors (Lipinski definition) is 0. The lowest BCUT2D eigenvalue weighted by atomic mass is 10.1. The Balaban J connectivity index is 0.0000144. The molecule has 0 spiro atoms. The molecule has 0 atom stereocenters. The predicted octanol–water partition coefficient (Wildman–Crippen LogP) is 10.6. The highest BCUT2D eigenvalue weighted by atomic mass is 79.9. The summed E-state index contributed by atoms with van der Waals surface area (Å²) in [6, 6.07) is 11.6. The second kappa shape index (κ2) is 29.6. The fourth-order valence-corrected chi connectivity index (χ4v) is 11.1. The van der Waals surface area contributed by atoms with Crippen molar-refractivity contribution in [2.75, 3.05) is 18.5 Å². The van der Waals surface area contributed by atoms with E-state index < -0.39 is 7.26 Å². The number of benzene rings is 1. The molecule has 1 aromatic carbocycles. The van der Waals surface area contributed by atoms with Crippen molar-refractivity contribution >= 4 is 7.26 Å². The molecule has 39 heavy (non-hydrogen) atoms. The van der Waals surface area contributed by atoms with Crippen molar-refractivity contribution in [1.29, 1.82) is 0 Å². The third-order valence-corrected chi connectivity index (χ3v) is 13.6. The Morgan fingerprint density at radius 3 is 0.974 bits per heavy atom. The third kappa shape index (κ3) is 23.4. The summed E-state index contributed by atoms with van der Waals surface area (Å²) in [6.45, 7) is 6.98. The zero-order chi connectivity index (χ0) is 27.4. The van der Waals surface area contributed by atoms with Crippen LogP contribution in [-0.4, -0.2) is 18.5 Å². The summed E-state index contributed by atoms with van der Waals surface area (Å²) in [5, 5.41) is 0.